The molecule has 0 spiro atoms. The van der Waals surface area contributed by atoms with Gasteiger partial charge in [-0.1, -0.05) is 0 Å². The van der Waals surface area contributed by atoms with Crippen LogP contribution in [0.15, 0.2) is 23.1 Å². The molecule has 1 aliphatic rings. The lowest BCUT2D eigenvalue weighted by Crippen LogP contribution is -2.58. The molecule has 0 aliphatic carbocycles. The number of aromatic nitrogens is 1. The quantitative estimate of drug-likeness (QED) is 0.790. The first-order valence-electron chi connectivity index (χ1n) is 5.82. The van der Waals surface area contributed by atoms with Crippen molar-refractivity contribution in [2.24, 2.45) is 7.05 Å². The van der Waals surface area contributed by atoms with Gasteiger partial charge in [0.25, 0.3) is 11.5 Å². The molecule has 0 aromatic carbocycles. The molecule has 17 heavy (non-hydrogen) atoms. The van der Waals surface area contributed by atoms with Crippen molar-refractivity contribution in [3.63, 3.8) is 0 Å². The van der Waals surface area contributed by atoms with Gasteiger partial charge in [-0.25, -0.2) is 0 Å². The van der Waals surface area contributed by atoms with Crippen molar-refractivity contribution in [2.45, 2.75) is 13.0 Å². The average molecular weight is 235 g/mol. The molecule has 0 unspecified atom stereocenters. The molecule has 1 aromatic rings. The van der Waals surface area contributed by atoms with Gasteiger partial charge in [-0.3, -0.25) is 9.59 Å². The molecule has 1 aromatic heterocycles. The molecular weight excluding hydrogens is 218 g/mol. The summed E-state index contributed by atoms with van der Waals surface area (Å²) in [6.07, 6.45) is 1.63. The van der Waals surface area contributed by atoms with Crippen LogP contribution in [0.1, 0.15) is 17.3 Å². The molecule has 2 rings (SSSR count). The average Bonchev–Trinajstić information content (AvgIpc) is 2.26. The number of pyridine rings is 1. The Labute approximate surface area is 100 Å². The fourth-order valence-corrected chi connectivity index (χ4v) is 1.91. The van der Waals surface area contributed by atoms with Gasteiger partial charge in [0.2, 0.25) is 0 Å². The summed E-state index contributed by atoms with van der Waals surface area (Å²) in [5.74, 6) is -0.0586. The topological polar surface area (TPSA) is 54.3 Å². The van der Waals surface area contributed by atoms with Crippen molar-refractivity contribution in [3.8, 4) is 0 Å². The molecule has 92 valence electrons. The number of likely N-dealkylation sites (N-methyl/N-ethyl adjacent to an activating group) is 1. The Morgan fingerprint density at radius 1 is 1.59 bits per heavy atom. The normalized spacial score (nSPS) is 15.4. The first-order valence-corrected chi connectivity index (χ1v) is 5.82. The van der Waals surface area contributed by atoms with Gasteiger partial charge >= 0.3 is 0 Å². The van der Waals surface area contributed by atoms with Crippen LogP contribution in [0.4, 0.5) is 0 Å². The van der Waals surface area contributed by atoms with E-state index in [-0.39, 0.29) is 17.5 Å². The third-order valence-electron chi connectivity index (χ3n) is 3.15. The first kappa shape index (κ1) is 11.9. The molecule has 1 saturated heterocycles. The van der Waals surface area contributed by atoms with E-state index in [1.54, 1.807) is 19.3 Å². The van der Waals surface area contributed by atoms with Gasteiger partial charge in [0, 0.05) is 44.5 Å². The van der Waals surface area contributed by atoms with Gasteiger partial charge in [-0.2, -0.15) is 0 Å². The first-order chi connectivity index (χ1) is 8.13. The lowest BCUT2D eigenvalue weighted by molar-refractivity contribution is 0.0630. The van der Waals surface area contributed by atoms with Crippen molar-refractivity contribution in [1.29, 1.82) is 0 Å². The molecule has 1 N–H and O–H groups in total. The zero-order valence-electron chi connectivity index (χ0n) is 10.1. The number of amides is 1. The predicted octanol–water partition coefficient (Wildman–Crippen LogP) is -0.181. The number of hydrogen-bond acceptors (Lipinski definition) is 3. The van der Waals surface area contributed by atoms with Crippen molar-refractivity contribution < 1.29 is 4.79 Å². The van der Waals surface area contributed by atoms with Gasteiger partial charge in [0.05, 0.1) is 6.04 Å². The Bertz CT molecular complexity index is 477. The molecule has 1 aliphatic heterocycles. The number of nitrogens with zero attached hydrogens (tertiary/aromatic N) is 2. The second-order valence-electron chi connectivity index (χ2n) is 4.27. The summed E-state index contributed by atoms with van der Waals surface area (Å²) < 4.78 is 1.46. The number of rotatable bonds is 3. The minimum atomic E-state index is -0.154. The van der Waals surface area contributed by atoms with E-state index in [0.717, 1.165) is 13.1 Å². The zero-order chi connectivity index (χ0) is 12.4. The van der Waals surface area contributed by atoms with Crippen LogP contribution in [0.5, 0.6) is 0 Å². The van der Waals surface area contributed by atoms with Gasteiger partial charge in [-0.15, -0.1) is 0 Å². The molecule has 5 nitrogen and oxygen atoms in total. The maximum absolute atomic E-state index is 12.2. The summed E-state index contributed by atoms with van der Waals surface area (Å²) in [4.78, 5) is 25.5. The Morgan fingerprint density at radius 3 is 2.76 bits per heavy atom. The van der Waals surface area contributed by atoms with E-state index < -0.39 is 0 Å². The fraction of sp³-hybridized carbons (Fsp3) is 0.500. The molecule has 1 fully saturated rings. The largest absolute Gasteiger partial charge is 0.333 e. The van der Waals surface area contributed by atoms with Gasteiger partial charge in [-0.05, 0) is 13.0 Å². The van der Waals surface area contributed by atoms with E-state index in [1.165, 1.54) is 10.6 Å². The van der Waals surface area contributed by atoms with E-state index in [1.807, 2.05) is 11.8 Å². The van der Waals surface area contributed by atoms with E-state index in [4.69, 9.17) is 0 Å². The van der Waals surface area contributed by atoms with E-state index >= 15 is 0 Å². The standard InChI is InChI=1S/C12H17N3O2/c1-3-15(10-7-13-8-10)12(17)9-4-5-14(2)11(16)6-9/h4-6,10,13H,3,7-8H2,1-2H3. The van der Waals surface area contributed by atoms with Gasteiger partial charge in [0.1, 0.15) is 0 Å². The summed E-state index contributed by atoms with van der Waals surface area (Å²) >= 11 is 0. The Hall–Kier alpha value is -1.62. The van der Waals surface area contributed by atoms with E-state index in [9.17, 15) is 9.59 Å². The molecule has 0 atom stereocenters. The minimum absolute atomic E-state index is 0.0586. The number of carbonyl (C=O) groups excluding carboxylic acids is 1. The maximum Gasteiger partial charge on any atom is 0.254 e. The number of nitrogens with one attached hydrogen (secondary N) is 1. The number of carbonyl (C=O) groups is 1. The van der Waals surface area contributed by atoms with Crippen molar-refractivity contribution in [1.82, 2.24) is 14.8 Å². The summed E-state index contributed by atoms with van der Waals surface area (Å²) in [6, 6.07) is 3.35. The van der Waals surface area contributed by atoms with Crippen LogP contribution in [0, 0.1) is 0 Å². The summed E-state index contributed by atoms with van der Waals surface area (Å²) in [5.41, 5.74) is 0.320. The third kappa shape index (κ3) is 2.24. The van der Waals surface area contributed by atoms with Crippen LogP contribution in [0.2, 0.25) is 0 Å². The number of hydrogen-bond donors (Lipinski definition) is 1. The van der Waals surface area contributed by atoms with E-state index in [0.29, 0.717) is 12.1 Å². The second kappa shape index (κ2) is 4.71. The van der Waals surface area contributed by atoms with Crippen LogP contribution >= 0.6 is 0 Å². The highest BCUT2D eigenvalue weighted by Gasteiger charge is 2.27. The van der Waals surface area contributed by atoms with Crippen LogP contribution in [0.3, 0.4) is 0 Å². The van der Waals surface area contributed by atoms with Gasteiger partial charge in [0.15, 0.2) is 0 Å². The molecule has 0 bridgehead atoms. The lowest BCUT2D eigenvalue weighted by Gasteiger charge is -2.37. The highest BCUT2D eigenvalue weighted by molar-refractivity contribution is 5.94. The highest BCUT2D eigenvalue weighted by atomic mass is 16.2. The maximum atomic E-state index is 12.2. The highest BCUT2D eigenvalue weighted by Crippen LogP contribution is 2.09. The third-order valence-corrected chi connectivity index (χ3v) is 3.15. The monoisotopic (exact) mass is 235 g/mol. The molecule has 1 amide bonds. The molecular formula is C12H17N3O2. The molecule has 0 radical (unpaired) electrons. The van der Waals surface area contributed by atoms with Crippen LogP contribution in [0.25, 0.3) is 0 Å². The molecule has 2 heterocycles. The second-order valence-corrected chi connectivity index (χ2v) is 4.27. The Balaban J connectivity index is 2.22. The van der Waals surface area contributed by atoms with Crippen LogP contribution in [-0.2, 0) is 7.05 Å². The smallest absolute Gasteiger partial charge is 0.254 e. The fourth-order valence-electron chi connectivity index (χ4n) is 1.91. The van der Waals surface area contributed by atoms with Crippen molar-refractivity contribution in [2.75, 3.05) is 19.6 Å². The van der Waals surface area contributed by atoms with Crippen LogP contribution < -0.4 is 10.9 Å². The Morgan fingerprint density at radius 2 is 2.29 bits per heavy atom. The lowest BCUT2D eigenvalue weighted by atomic mass is 10.1. The van der Waals surface area contributed by atoms with Crippen molar-refractivity contribution >= 4 is 5.91 Å². The number of aryl methyl sites for hydroxylation is 1. The summed E-state index contributed by atoms with van der Waals surface area (Å²) in [6.45, 7) is 4.30. The minimum Gasteiger partial charge on any atom is -0.333 e. The SMILES string of the molecule is CCN(C(=O)c1ccn(C)c(=O)c1)C1CNC1. The molecule has 5 heteroatoms. The predicted molar refractivity (Wildman–Crippen MR) is 65.1 cm³/mol. The molecule has 0 saturated carbocycles. The summed E-state index contributed by atoms with van der Waals surface area (Å²) in [7, 11) is 1.67. The van der Waals surface area contributed by atoms with Crippen molar-refractivity contribution in [3.05, 3.63) is 34.2 Å². The van der Waals surface area contributed by atoms with E-state index in [2.05, 4.69) is 5.32 Å². The summed E-state index contributed by atoms with van der Waals surface area (Å²) in [5, 5.41) is 3.14. The Kier molecular flexibility index (Phi) is 3.28. The zero-order valence-corrected chi connectivity index (χ0v) is 10.1. The van der Waals surface area contributed by atoms with Gasteiger partial charge < -0.3 is 14.8 Å². The van der Waals surface area contributed by atoms with Crippen LogP contribution in [-0.4, -0.2) is 41.1 Å².